The number of ether oxygens (including phenoxy) is 1. The molecule has 5 heteroatoms. The fraction of sp³-hybridized carbons (Fsp3) is 0.385. The van der Waals surface area contributed by atoms with E-state index in [0.29, 0.717) is 5.75 Å². The summed E-state index contributed by atoms with van der Waals surface area (Å²) >= 11 is 0. The normalized spacial score (nSPS) is 11.7. The van der Waals surface area contributed by atoms with Crippen molar-refractivity contribution in [3.8, 4) is 5.75 Å². The summed E-state index contributed by atoms with van der Waals surface area (Å²) in [5.74, 6) is -0.895. The molecule has 1 aromatic carbocycles. The van der Waals surface area contributed by atoms with Gasteiger partial charge >= 0.3 is 5.97 Å². The van der Waals surface area contributed by atoms with Gasteiger partial charge in [0.2, 0.25) is 0 Å². The standard InChI is InChI=1S/C13H17NO4/c1-8-5-4-6-11(9(8)2)18-10(3)13(17)14-7-12(15)16/h4-6,10H,7H2,1-3H3,(H,14,17)(H,15,16). The molecule has 0 spiro atoms. The highest BCUT2D eigenvalue weighted by Gasteiger charge is 2.16. The number of aliphatic carboxylic acids is 1. The summed E-state index contributed by atoms with van der Waals surface area (Å²) < 4.78 is 5.52. The van der Waals surface area contributed by atoms with Crippen LogP contribution in [0.25, 0.3) is 0 Å². The Morgan fingerprint density at radius 2 is 2.06 bits per heavy atom. The molecule has 1 aromatic rings. The maximum Gasteiger partial charge on any atom is 0.322 e. The average Bonchev–Trinajstić information content (AvgIpc) is 2.31. The first-order chi connectivity index (χ1) is 8.41. The summed E-state index contributed by atoms with van der Waals surface area (Å²) in [7, 11) is 0. The quantitative estimate of drug-likeness (QED) is 0.826. The van der Waals surface area contributed by atoms with Crippen molar-refractivity contribution >= 4 is 11.9 Å². The van der Waals surface area contributed by atoms with E-state index in [1.165, 1.54) is 0 Å². The lowest BCUT2D eigenvalue weighted by Gasteiger charge is -2.16. The molecule has 0 aromatic heterocycles. The minimum absolute atomic E-state index is 0.403. The Hall–Kier alpha value is -2.04. The summed E-state index contributed by atoms with van der Waals surface area (Å²) in [6.45, 7) is 5.04. The molecule has 5 nitrogen and oxygen atoms in total. The number of benzene rings is 1. The minimum atomic E-state index is -1.08. The maximum atomic E-state index is 11.5. The molecule has 18 heavy (non-hydrogen) atoms. The van der Waals surface area contributed by atoms with Crippen LogP contribution in [0.3, 0.4) is 0 Å². The third kappa shape index (κ3) is 3.76. The Bertz CT molecular complexity index is 456. The molecule has 1 atom stereocenters. The Labute approximate surface area is 106 Å². The number of nitrogens with one attached hydrogen (secondary N) is 1. The Morgan fingerprint density at radius 3 is 2.67 bits per heavy atom. The van der Waals surface area contributed by atoms with E-state index < -0.39 is 24.5 Å². The SMILES string of the molecule is Cc1cccc(OC(C)C(=O)NCC(=O)O)c1C. The summed E-state index contributed by atoms with van der Waals surface area (Å²) in [6.07, 6.45) is -0.732. The molecule has 0 saturated heterocycles. The van der Waals surface area contributed by atoms with Gasteiger partial charge in [0.05, 0.1) is 0 Å². The number of carbonyl (C=O) groups excluding carboxylic acids is 1. The zero-order chi connectivity index (χ0) is 13.7. The van der Waals surface area contributed by atoms with Gasteiger partial charge < -0.3 is 15.2 Å². The molecule has 0 saturated carbocycles. The fourth-order valence-corrected chi connectivity index (χ4v) is 1.40. The maximum absolute atomic E-state index is 11.5. The number of carboxylic acids is 1. The Morgan fingerprint density at radius 1 is 1.39 bits per heavy atom. The molecule has 0 heterocycles. The van der Waals surface area contributed by atoms with Crippen molar-refractivity contribution in [2.45, 2.75) is 26.9 Å². The van der Waals surface area contributed by atoms with Gasteiger partial charge in [0.1, 0.15) is 12.3 Å². The first kappa shape index (κ1) is 14.0. The summed E-state index contributed by atoms with van der Waals surface area (Å²) in [4.78, 5) is 21.9. The highest BCUT2D eigenvalue weighted by atomic mass is 16.5. The number of hydrogen-bond donors (Lipinski definition) is 2. The van der Waals surface area contributed by atoms with Crippen LogP contribution < -0.4 is 10.1 Å². The van der Waals surface area contributed by atoms with Gasteiger partial charge in [-0.25, -0.2) is 0 Å². The summed E-state index contributed by atoms with van der Waals surface area (Å²) in [6, 6.07) is 5.58. The van der Waals surface area contributed by atoms with E-state index >= 15 is 0 Å². The van der Waals surface area contributed by atoms with Crippen molar-refractivity contribution in [2.75, 3.05) is 6.54 Å². The summed E-state index contributed by atoms with van der Waals surface area (Å²) in [5.41, 5.74) is 2.04. The van der Waals surface area contributed by atoms with E-state index in [9.17, 15) is 9.59 Å². The van der Waals surface area contributed by atoms with Crippen LogP contribution in [0.1, 0.15) is 18.1 Å². The van der Waals surface area contributed by atoms with Crippen LogP contribution in [-0.4, -0.2) is 29.6 Å². The van der Waals surface area contributed by atoms with Crippen molar-refractivity contribution in [2.24, 2.45) is 0 Å². The molecular formula is C13H17NO4. The number of aryl methyl sites for hydroxylation is 1. The monoisotopic (exact) mass is 251 g/mol. The molecular weight excluding hydrogens is 234 g/mol. The van der Waals surface area contributed by atoms with Crippen LogP contribution in [0.4, 0.5) is 0 Å². The lowest BCUT2D eigenvalue weighted by molar-refractivity contribution is -0.139. The van der Waals surface area contributed by atoms with Crippen LogP contribution in [0.15, 0.2) is 18.2 Å². The topological polar surface area (TPSA) is 75.6 Å². The molecule has 2 N–H and O–H groups in total. The van der Waals surface area contributed by atoms with Crippen molar-refractivity contribution in [1.29, 1.82) is 0 Å². The predicted molar refractivity (Wildman–Crippen MR) is 66.7 cm³/mol. The van der Waals surface area contributed by atoms with Crippen molar-refractivity contribution in [3.05, 3.63) is 29.3 Å². The van der Waals surface area contributed by atoms with E-state index in [2.05, 4.69) is 5.32 Å². The van der Waals surface area contributed by atoms with Gasteiger partial charge in [-0.05, 0) is 38.0 Å². The third-order valence-corrected chi connectivity index (χ3v) is 2.64. The van der Waals surface area contributed by atoms with Gasteiger partial charge in [0.15, 0.2) is 6.10 Å². The number of carboxylic acid groups (broad SMARTS) is 1. The smallest absolute Gasteiger partial charge is 0.322 e. The zero-order valence-corrected chi connectivity index (χ0v) is 10.7. The van der Waals surface area contributed by atoms with E-state index in [0.717, 1.165) is 11.1 Å². The molecule has 0 bridgehead atoms. The number of carbonyl (C=O) groups is 2. The lowest BCUT2D eigenvalue weighted by Crippen LogP contribution is -2.39. The molecule has 98 valence electrons. The van der Waals surface area contributed by atoms with Gasteiger partial charge in [-0.3, -0.25) is 9.59 Å². The van der Waals surface area contributed by atoms with Crippen LogP contribution in [-0.2, 0) is 9.59 Å². The first-order valence-electron chi connectivity index (χ1n) is 5.64. The van der Waals surface area contributed by atoms with Crippen molar-refractivity contribution in [1.82, 2.24) is 5.32 Å². The van der Waals surface area contributed by atoms with E-state index in [-0.39, 0.29) is 0 Å². The van der Waals surface area contributed by atoms with Gasteiger partial charge in [-0.1, -0.05) is 12.1 Å². The van der Waals surface area contributed by atoms with Crippen LogP contribution >= 0.6 is 0 Å². The summed E-state index contributed by atoms with van der Waals surface area (Å²) in [5, 5.41) is 10.7. The van der Waals surface area contributed by atoms with E-state index in [1.54, 1.807) is 13.0 Å². The van der Waals surface area contributed by atoms with Crippen LogP contribution in [0.2, 0.25) is 0 Å². The van der Waals surface area contributed by atoms with Gasteiger partial charge in [-0.2, -0.15) is 0 Å². The highest BCUT2D eigenvalue weighted by Crippen LogP contribution is 2.21. The number of hydrogen-bond acceptors (Lipinski definition) is 3. The molecule has 0 radical (unpaired) electrons. The highest BCUT2D eigenvalue weighted by molar-refractivity contribution is 5.84. The first-order valence-corrected chi connectivity index (χ1v) is 5.64. The minimum Gasteiger partial charge on any atom is -0.481 e. The average molecular weight is 251 g/mol. The fourth-order valence-electron chi connectivity index (χ4n) is 1.40. The number of amides is 1. The second kappa shape index (κ2) is 6.05. The van der Waals surface area contributed by atoms with Crippen LogP contribution in [0, 0.1) is 13.8 Å². The second-order valence-electron chi connectivity index (χ2n) is 4.07. The molecule has 0 aliphatic rings. The molecule has 1 amide bonds. The van der Waals surface area contributed by atoms with Gasteiger partial charge in [-0.15, -0.1) is 0 Å². The van der Waals surface area contributed by atoms with E-state index in [1.807, 2.05) is 26.0 Å². The van der Waals surface area contributed by atoms with Crippen molar-refractivity contribution < 1.29 is 19.4 Å². The molecule has 0 aliphatic heterocycles. The van der Waals surface area contributed by atoms with Gasteiger partial charge in [0.25, 0.3) is 5.91 Å². The molecule has 1 unspecified atom stereocenters. The zero-order valence-electron chi connectivity index (χ0n) is 10.7. The Kier molecular flexibility index (Phi) is 4.71. The van der Waals surface area contributed by atoms with Crippen molar-refractivity contribution in [3.63, 3.8) is 0 Å². The Balaban J connectivity index is 2.64. The second-order valence-corrected chi connectivity index (χ2v) is 4.07. The molecule has 1 rings (SSSR count). The van der Waals surface area contributed by atoms with E-state index in [4.69, 9.17) is 9.84 Å². The van der Waals surface area contributed by atoms with Gasteiger partial charge in [0, 0.05) is 0 Å². The third-order valence-electron chi connectivity index (χ3n) is 2.64. The number of rotatable bonds is 5. The lowest BCUT2D eigenvalue weighted by atomic mass is 10.1. The predicted octanol–water partition coefficient (Wildman–Crippen LogP) is 1.27. The largest absolute Gasteiger partial charge is 0.481 e. The molecule has 0 aliphatic carbocycles. The van der Waals surface area contributed by atoms with Crippen LogP contribution in [0.5, 0.6) is 5.75 Å². The molecule has 0 fully saturated rings.